The lowest BCUT2D eigenvalue weighted by molar-refractivity contribution is -0.121. The average Bonchev–Trinajstić information content (AvgIpc) is 3.08. The summed E-state index contributed by atoms with van der Waals surface area (Å²) in [6.45, 7) is 0.661. The summed E-state index contributed by atoms with van der Waals surface area (Å²) >= 11 is 5.81. The zero-order valence-corrected chi connectivity index (χ0v) is 13.4. The second-order valence-electron chi connectivity index (χ2n) is 4.76. The first-order valence-electron chi connectivity index (χ1n) is 7.22. The molecule has 2 aromatic rings. The summed E-state index contributed by atoms with van der Waals surface area (Å²) in [5.74, 6) is -0.506. The summed E-state index contributed by atoms with van der Waals surface area (Å²) in [5, 5.41) is 5.39. The van der Waals surface area contributed by atoms with Gasteiger partial charge in [0.25, 0.3) is 5.91 Å². The van der Waals surface area contributed by atoms with Crippen molar-refractivity contribution in [2.45, 2.75) is 6.42 Å². The van der Waals surface area contributed by atoms with E-state index in [0.717, 1.165) is 6.07 Å². The third kappa shape index (κ3) is 5.58. The number of amides is 2. The van der Waals surface area contributed by atoms with Crippen molar-refractivity contribution in [1.29, 1.82) is 0 Å². The number of furan rings is 1. The molecule has 24 heavy (non-hydrogen) atoms. The number of carbonyl (C=O) groups is 2. The van der Waals surface area contributed by atoms with Crippen LogP contribution in [0, 0.1) is 5.82 Å². The zero-order chi connectivity index (χ0) is 17.4. The van der Waals surface area contributed by atoms with Gasteiger partial charge >= 0.3 is 0 Å². The summed E-state index contributed by atoms with van der Waals surface area (Å²) in [7, 11) is 0. The SMILES string of the molecule is O=C(CCOc1ccc(F)cc1Cl)NCCNC(=O)c1ccco1. The summed E-state index contributed by atoms with van der Waals surface area (Å²) in [6, 6.07) is 6.93. The van der Waals surface area contributed by atoms with Gasteiger partial charge in [-0.1, -0.05) is 11.6 Å². The number of halogens is 2. The van der Waals surface area contributed by atoms with Gasteiger partial charge in [0.2, 0.25) is 5.91 Å². The monoisotopic (exact) mass is 354 g/mol. The van der Waals surface area contributed by atoms with E-state index < -0.39 is 5.82 Å². The molecule has 0 radical (unpaired) electrons. The Morgan fingerprint density at radius 2 is 2.00 bits per heavy atom. The highest BCUT2D eigenvalue weighted by Crippen LogP contribution is 2.24. The third-order valence-electron chi connectivity index (χ3n) is 2.96. The Hall–Kier alpha value is -2.54. The van der Waals surface area contributed by atoms with Crippen LogP contribution in [-0.2, 0) is 4.79 Å². The van der Waals surface area contributed by atoms with Crippen LogP contribution in [0.2, 0.25) is 5.02 Å². The first-order chi connectivity index (χ1) is 11.6. The molecule has 0 aliphatic carbocycles. The fraction of sp³-hybridized carbons (Fsp3) is 0.250. The Bertz CT molecular complexity index is 691. The maximum atomic E-state index is 12.9. The van der Waals surface area contributed by atoms with Crippen LogP contribution in [0.3, 0.4) is 0 Å². The van der Waals surface area contributed by atoms with Crippen LogP contribution >= 0.6 is 11.6 Å². The van der Waals surface area contributed by atoms with Gasteiger partial charge in [-0.15, -0.1) is 0 Å². The second-order valence-corrected chi connectivity index (χ2v) is 5.16. The molecule has 0 aliphatic rings. The molecule has 0 bridgehead atoms. The summed E-state index contributed by atoms with van der Waals surface area (Å²) in [4.78, 5) is 23.2. The maximum Gasteiger partial charge on any atom is 0.287 e. The van der Waals surface area contributed by atoms with E-state index in [4.69, 9.17) is 20.8 Å². The molecule has 128 valence electrons. The van der Waals surface area contributed by atoms with E-state index in [2.05, 4.69) is 10.6 Å². The zero-order valence-electron chi connectivity index (χ0n) is 12.7. The van der Waals surface area contributed by atoms with Gasteiger partial charge in [0.15, 0.2) is 5.76 Å². The molecule has 1 aromatic heterocycles. The molecule has 0 aliphatic heterocycles. The van der Waals surface area contributed by atoms with Crippen molar-refractivity contribution >= 4 is 23.4 Å². The van der Waals surface area contributed by atoms with Crippen molar-refractivity contribution in [3.63, 3.8) is 0 Å². The van der Waals surface area contributed by atoms with Crippen molar-refractivity contribution in [3.05, 3.63) is 53.2 Å². The number of carbonyl (C=O) groups excluding carboxylic acids is 2. The molecule has 1 aromatic carbocycles. The molecule has 2 rings (SSSR count). The quantitative estimate of drug-likeness (QED) is 0.713. The van der Waals surface area contributed by atoms with Crippen LogP contribution in [0.5, 0.6) is 5.75 Å². The molecule has 1 heterocycles. The van der Waals surface area contributed by atoms with E-state index in [9.17, 15) is 14.0 Å². The van der Waals surface area contributed by atoms with E-state index >= 15 is 0 Å². The highest BCUT2D eigenvalue weighted by Gasteiger charge is 2.08. The largest absolute Gasteiger partial charge is 0.491 e. The Labute approximate surface area is 142 Å². The van der Waals surface area contributed by atoms with E-state index in [0.29, 0.717) is 5.75 Å². The predicted octanol–water partition coefficient (Wildman–Crippen LogP) is 2.39. The lowest BCUT2D eigenvalue weighted by Gasteiger charge is -2.09. The topological polar surface area (TPSA) is 80.6 Å². The number of hydrogen-bond donors (Lipinski definition) is 2. The van der Waals surface area contributed by atoms with Gasteiger partial charge in [0.1, 0.15) is 11.6 Å². The van der Waals surface area contributed by atoms with Crippen molar-refractivity contribution in [3.8, 4) is 5.75 Å². The highest BCUT2D eigenvalue weighted by molar-refractivity contribution is 6.32. The summed E-state index contributed by atoms with van der Waals surface area (Å²) in [5.41, 5.74) is 0. The van der Waals surface area contributed by atoms with Crippen LogP contribution < -0.4 is 15.4 Å². The average molecular weight is 355 g/mol. The number of benzene rings is 1. The normalized spacial score (nSPS) is 10.2. The first kappa shape index (κ1) is 17.8. The van der Waals surface area contributed by atoms with E-state index in [1.54, 1.807) is 12.1 Å². The summed E-state index contributed by atoms with van der Waals surface area (Å²) in [6.07, 6.45) is 1.52. The molecular formula is C16H16ClFN2O4. The van der Waals surface area contributed by atoms with Gasteiger partial charge in [0.05, 0.1) is 24.3 Å². The third-order valence-corrected chi connectivity index (χ3v) is 3.25. The van der Waals surface area contributed by atoms with E-state index in [1.165, 1.54) is 18.4 Å². The molecule has 0 spiro atoms. The Kier molecular flexibility index (Phi) is 6.62. The molecule has 0 saturated carbocycles. The molecule has 2 amide bonds. The molecule has 0 unspecified atom stereocenters. The lowest BCUT2D eigenvalue weighted by atomic mass is 10.3. The summed E-state index contributed by atoms with van der Waals surface area (Å²) < 4.78 is 23.1. The van der Waals surface area contributed by atoms with Crippen LogP contribution in [0.1, 0.15) is 17.0 Å². The number of nitrogens with one attached hydrogen (secondary N) is 2. The molecule has 2 N–H and O–H groups in total. The molecule has 6 nitrogen and oxygen atoms in total. The highest BCUT2D eigenvalue weighted by atomic mass is 35.5. The first-order valence-corrected chi connectivity index (χ1v) is 7.60. The van der Waals surface area contributed by atoms with E-state index in [-0.39, 0.29) is 48.7 Å². The van der Waals surface area contributed by atoms with Gasteiger partial charge in [-0.25, -0.2) is 4.39 Å². The maximum absolute atomic E-state index is 12.9. The molecule has 0 atom stereocenters. The Balaban J connectivity index is 1.59. The molecule has 0 saturated heterocycles. The molecular weight excluding hydrogens is 339 g/mol. The van der Waals surface area contributed by atoms with Gasteiger partial charge in [0, 0.05) is 13.1 Å². The van der Waals surface area contributed by atoms with Crippen molar-refractivity contribution < 1.29 is 23.1 Å². The lowest BCUT2D eigenvalue weighted by Crippen LogP contribution is -2.35. The predicted molar refractivity (Wildman–Crippen MR) is 85.6 cm³/mol. The molecule has 8 heteroatoms. The van der Waals surface area contributed by atoms with Gasteiger partial charge in [-0.05, 0) is 30.3 Å². The number of ether oxygens (including phenoxy) is 1. The van der Waals surface area contributed by atoms with Gasteiger partial charge in [-0.2, -0.15) is 0 Å². The van der Waals surface area contributed by atoms with Crippen molar-refractivity contribution in [2.24, 2.45) is 0 Å². The minimum absolute atomic E-state index is 0.107. The standard InChI is InChI=1S/C16H16ClFN2O4/c17-12-10-11(18)3-4-13(12)24-9-5-15(21)19-6-7-20-16(22)14-2-1-8-23-14/h1-4,8,10H,5-7,9H2,(H,19,21)(H,20,22). The van der Waals surface area contributed by atoms with Crippen molar-refractivity contribution in [2.75, 3.05) is 19.7 Å². The van der Waals surface area contributed by atoms with Gasteiger partial charge < -0.3 is 19.8 Å². The van der Waals surface area contributed by atoms with Crippen LogP contribution in [0.4, 0.5) is 4.39 Å². The molecule has 0 fully saturated rings. The van der Waals surface area contributed by atoms with Crippen LogP contribution in [0.25, 0.3) is 0 Å². The Morgan fingerprint density at radius 1 is 1.21 bits per heavy atom. The minimum atomic E-state index is -0.457. The Morgan fingerprint density at radius 3 is 2.71 bits per heavy atom. The van der Waals surface area contributed by atoms with Crippen LogP contribution in [-0.4, -0.2) is 31.5 Å². The van der Waals surface area contributed by atoms with Gasteiger partial charge in [-0.3, -0.25) is 9.59 Å². The fourth-order valence-corrected chi connectivity index (χ4v) is 2.03. The second kappa shape index (κ2) is 8.93. The number of rotatable bonds is 8. The smallest absolute Gasteiger partial charge is 0.287 e. The number of hydrogen-bond acceptors (Lipinski definition) is 4. The minimum Gasteiger partial charge on any atom is -0.491 e. The fourth-order valence-electron chi connectivity index (χ4n) is 1.81. The van der Waals surface area contributed by atoms with Crippen LogP contribution in [0.15, 0.2) is 41.0 Å². The van der Waals surface area contributed by atoms with Crippen molar-refractivity contribution in [1.82, 2.24) is 10.6 Å². The van der Waals surface area contributed by atoms with E-state index in [1.807, 2.05) is 0 Å².